The van der Waals surface area contributed by atoms with Gasteiger partial charge >= 0.3 is 0 Å². The molecule has 1 fully saturated rings. The quantitative estimate of drug-likeness (QED) is 0.912. The van der Waals surface area contributed by atoms with Crippen LogP contribution in [0.3, 0.4) is 0 Å². The highest BCUT2D eigenvalue weighted by molar-refractivity contribution is 7.13. The molecule has 2 aromatic heterocycles. The van der Waals surface area contributed by atoms with E-state index >= 15 is 0 Å². The minimum Gasteiger partial charge on any atom is -0.395 e. The van der Waals surface area contributed by atoms with Gasteiger partial charge in [0.2, 0.25) is 0 Å². The van der Waals surface area contributed by atoms with Gasteiger partial charge < -0.3 is 9.63 Å². The van der Waals surface area contributed by atoms with E-state index in [-0.39, 0.29) is 12.6 Å². The number of thiophene rings is 1. The van der Waals surface area contributed by atoms with Crippen LogP contribution in [-0.4, -0.2) is 39.3 Å². The summed E-state index contributed by atoms with van der Waals surface area (Å²) in [6.45, 7) is 1.85. The maximum Gasteiger partial charge on any atom is 0.268 e. The third-order valence-corrected chi connectivity index (χ3v) is 4.11. The van der Waals surface area contributed by atoms with Crippen molar-refractivity contribution in [3.8, 4) is 10.8 Å². The molecule has 6 heteroatoms. The van der Waals surface area contributed by atoms with E-state index in [1.165, 1.54) is 0 Å². The molecule has 0 amide bonds. The van der Waals surface area contributed by atoms with Gasteiger partial charge in [0.25, 0.3) is 5.89 Å². The SMILES string of the molecule is OC[C@@H]1CCCN1Cc1noc(-c2cccs2)n1. The lowest BCUT2D eigenvalue weighted by Crippen LogP contribution is -2.31. The van der Waals surface area contributed by atoms with Crippen LogP contribution >= 0.6 is 11.3 Å². The molecule has 96 valence electrons. The largest absolute Gasteiger partial charge is 0.395 e. The molecular formula is C12H15N3O2S. The lowest BCUT2D eigenvalue weighted by atomic mass is 10.2. The van der Waals surface area contributed by atoms with E-state index in [0.29, 0.717) is 18.3 Å². The van der Waals surface area contributed by atoms with Crippen LogP contribution in [-0.2, 0) is 6.54 Å². The minimum atomic E-state index is 0.204. The molecule has 2 aromatic rings. The van der Waals surface area contributed by atoms with Gasteiger partial charge in [-0.15, -0.1) is 11.3 Å². The van der Waals surface area contributed by atoms with E-state index in [1.807, 2.05) is 17.5 Å². The van der Waals surface area contributed by atoms with Gasteiger partial charge in [-0.1, -0.05) is 11.2 Å². The minimum absolute atomic E-state index is 0.204. The number of likely N-dealkylation sites (tertiary alicyclic amines) is 1. The summed E-state index contributed by atoms with van der Waals surface area (Å²) >= 11 is 1.59. The Hall–Kier alpha value is -1.24. The highest BCUT2D eigenvalue weighted by Crippen LogP contribution is 2.24. The number of nitrogens with zero attached hydrogens (tertiary/aromatic N) is 3. The molecule has 0 unspecified atom stereocenters. The predicted molar refractivity (Wildman–Crippen MR) is 68.1 cm³/mol. The van der Waals surface area contributed by atoms with Crippen LogP contribution in [0.25, 0.3) is 10.8 Å². The van der Waals surface area contributed by atoms with Crippen molar-refractivity contribution < 1.29 is 9.63 Å². The Labute approximate surface area is 109 Å². The van der Waals surface area contributed by atoms with E-state index in [9.17, 15) is 5.11 Å². The summed E-state index contributed by atoms with van der Waals surface area (Å²) in [7, 11) is 0. The van der Waals surface area contributed by atoms with Gasteiger partial charge in [0.05, 0.1) is 18.0 Å². The van der Waals surface area contributed by atoms with Gasteiger partial charge in [0.15, 0.2) is 5.82 Å². The normalized spacial score (nSPS) is 20.6. The Bertz CT molecular complexity index is 497. The molecule has 3 heterocycles. The smallest absolute Gasteiger partial charge is 0.268 e. The summed E-state index contributed by atoms with van der Waals surface area (Å²) in [6.07, 6.45) is 2.17. The molecule has 18 heavy (non-hydrogen) atoms. The third kappa shape index (κ3) is 2.31. The summed E-state index contributed by atoms with van der Waals surface area (Å²) in [5.41, 5.74) is 0. The fraction of sp³-hybridized carbons (Fsp3) is 0.500. The summed E-state index contributed by atoms with van der Waals surface area (Å²) in [4.78, 5) is 7.60. The second-order valence-corrected chi connectivity index (χ2v) is 5.39. The number of aromatic nitrogens is 2. The van der Waals surface area contributed by atoms with Crippen molar-refractivity contribution in [2.24, 2.45) is 0 Å². The van der Waals surface area contributed by atoms with Crippen LogP contribution in [0.5, 0.6) is 0 Å². The first-order valence-electron chi connectivity index (χ1n) is 6.08. The van der Waals surface area contributed by atoms with E-state index in [4.69, 9.17) is 4.52 Å². The summed E-state index contributed by atoms with van der Waals surface area (Å²) in [5, 5.41) is 15.3. The van der Waals surface area contributed by atoms with Gasteiger partial charge in [0, 0.05) is 6.04 Å². The zero-order valence-corrected chi connectivity index (χ0v) is 10.8. The van der Waals surface area contributed by atoms with Crippen molar-refractivity contribution in [2.45, 2.75) is 25.4 Å². The number of aliphatic hydroxyl groups is 1. The molecule has 0 aliphatic carbocycles. The Kier molecular flexibility index (Phi) is 3.40. The third-order valence-electron chi connectivity index (χ3n) is 3.25. The molecule has 0 aromatic carbocycles. The lowest BCUT2D eigenvalue weighted by Gasteiger charge is -2.20. The highest BCUT2D eigenvalue weighted by Gasteiger charge is 2.25. The Balaban J connectivity index is 1.70. The molecule has 1 aliphatic heterocycles. The first-order valence-corrected chi connectivity index (χ1v) is 6.96. The van der Waals surface area contributed by atoms with Crippen molar-refractivity contribution in [1.82, 2.24) is 15.0 Å². The fourth-order valence-electron chi connectivity index (χ4n) is 2.31. The van der Waals surface area contributed by atoms with Crippen LogP contribution in [0.15, 0.2) is 22.0 Å². The Morgan fingerprint density at radius 2 is 2.50 bits per heavy atom. The maximum absolute atomic E-state index is 9.27. The summed E-state index contributed by atoms with van der Waals surface area (Å²) in [5.74, 6) is 1.28. The molecule has 3 rings (SSSR count). The van der Waals surface area contributed by atoms with Crippen LogP contribution in [0.2, 0.25) is 0 Å². The highest BCUT2D eigenvalue weighted by atomic mass is 32.1. The van der Waals surface area contributed by atoms with Crippen LogP contribution < -0.4 is 0 Å². The van der Waals surface area contributed by atoms with Gasteiger partial charge in [-0.3, -0.25) is 4.90 Å². The number of hydrogen-bond acceptors (Lipinski definition) is 6. The molecule has 0 bridgehead atoms. The average Bonchev–Trinajstić information content (AvgIpc) is 3.10. The molecule has 1 N–H and O–H groups in total. The standard InChI is InChI=1S/C12H15N3O2S/c16-8-9-3-1-5-15(9)7-11-13-12(17-14-11)10-4-2-6-18-10/h2,4,6,9,16H,1,3,5,7-8H2/t9-/m0/s1. The van der Waals surface area contributed by atoms with Gasteiger partial charge in [-0.05, 0) is 30.8 Å². The number of aliphatic hydroxyl groups excluding tert-OH is 1. The summed E-state index contributed by atoms with van der Waals surface area (Å²) in [6, 6.07) is 4.18. The maximum atomic E-state index is 9.27. The molecule has 0 radical (unpaired) electrons. The van der Waals surface area contributed by atoms with Crippen molar-refractivity contribution in [1.29, 1.82) is 0 Å². The molecular weight excluding hydrogens is 250 g/mol. The van der Waals surface area contributed by atoms with Gasteiger partial charge in [-0.25, -0.2) is 0 Å². The molecule has 5 nitrogen and oxygen atoms in total. The fourth-order valence-corrected chi connectivity index (χ4v) is 2.95. The van der Waals surface area contributed by atoms with Crippen molar-refractivity contribution in [3.63, 3.8) is 0 Å². The van der Waals surface area contributed by atoms with Crippen LogP contribution in [0.4, 0.5) is 0 Å². The number of rotatable bonds is 4. The van der Waals surface area contributed by atoms with E-state index < -0.39 is 0 Å². The van der Waals surface area contributed by atoms with Crippen molar-refractivity contribution >= 4 is 11.3 Å². The van der Waals surface area contributed by atoms with Gasteiger partial charge in [0.1, 0.15) is 0 Å². The molecule has 1 saturated heterocycles. The summed E-state index contributed by atoms with van der Waals surface area (Å²) < 4.78 is 5.25. The first-order chi connectivity index (χ1) is 8.86. The first kappa shape index (κ1) is 11.8. The predicted octanol–water partition coefficient (Wildman–Crippen LogP) is 1.75. The van der Waals surface area contributed by atoms with E-state index in [1.54, 1.807) is 11.3 Å². The van der Waals surface area contributed by atoms with Crippen molar-refractivity contribution in [2.75, 3.05) is 13.2 Å². The Morgan fingerprint density at radius 3 is 3.28 bits per heavy atom. The lowest BCUT2D eigenvalue weighted by molar-refractivity contribution is 0.150. The zero-order chi connectivity index (χ0) is 12.4. The molecule has 1 atom stereocenters. The second kappa shape index (κ2) is 5.17. The van der Waals surface area contributed by atoms with E-state index in [0.717, 1.165) is 24.3 Å². The van der Waals surface area contributed by atoms with Crippen molar-refractivity contribution in [3.05, 3.63) is 23.3 Å². The molecule has 0 spiro atoms. The van der Waals surface area contributed by atoms with Crippen LogP contribution in [0.1, 0.15) is 18.7 Å². The molecule has 0 saturated carbocycles. The topological polar surface area (TPSA) is 62.4 Å². The monoisotopic (exact) mass is 265 g/mol. The van der Waals surface area contributed by atoms with Gasteiger partial charge in [-0.2, -0.15) is 4.98 Å². The second-order valence-electron chi connectivity index (χ2n) is 4.44. The van der Waals surface area contributed by atoms with Crippen LogP contribution in [0, 0.1) is 0 Å². The van der Waals surface area contributed by atoms with E-state index in [2.05, 4.69) is 15.0 Å². The molecule has 1 aliphatic rings. The number of hydrogen-bond donors (Lipinski definition) is 1. The Morgan fingerprint density at radius 1 is 1.56 bits per heavy atom. The zero-order valence-electron chi connectivity index (χ0n) is 9.95. The average molecular weight is 265 g/mol.